The first-order valence-corrected chi connectivity index (χ1v) is 8.29. The fraction of sp³-hybridized carbons (Fsp3) is 0.235. The summed E-state index contributed by atoms with van der Waals surface area (Å²) in [6.45, 7) is 4.08. The average molecular weight is 328 g/mol. The molecule has 0 N–H and O–H groups in total. The average Bonchev–Trinajstić information content (AvgIpc) is 2.98. The van der Waals surface area contributed by atoms with E-state index in [4.69, 9.17) is 4.74 Å². The summed E-state index contributed by atoms with van der Waals surface area (Å²) in [4.78, 5) is 28.4. The molecule has 0 unspecified atom stereocenters. The Labute approximate surface area is 137 Å². The van der Waals surface area contributed by atoms with E-state index in [2.05, 4.69) is 24.0 Å². The highest BCUT2D eigenvalue weighted by Gasteiger charge is 2.17. The summed E-state index contributed by atoms with van der Waals surface area (Å²) in [6, 6.07) is 9.35. The van der Waals surface area contributed by atoms with E-state index in [1.807, 2.05) is 17.5 Å². The monoisotopic (exact) mass is 328 g/mol. The summed E-state index contributed by atoms with van der Waals surface area (Å²) in [7, 11) is 0. The van der Waals surface area contributed by atoms with Gasteiger partial charge in [0.2, 0.25) is 0 Å². The molecule has 2 heterocycles. The van der Waals surface area contributed by atoms with Crippen molar-refractivity contribution in [1.82, 2.24) is 9.38 Å². The Balaban J connectivity index is 2.21. The third-order valence-electron chi connectivity index (χ3n) is 3.56. The third-order valence-corrected chi connectivity index (χ3v) is 4.38. The maximum Gasteiger partial charge on any atom is 0.355 e. The number of esters is 1. The van der Waals surface area contributed by atoms with Crippen LogP contribution in [0, 0.1) is 0 Å². The number of benzene rings is 1. The van der Waals surface area contributed by atoms with Crippen LogP contribution in [0.1, 0.15) is 29.9 Å². The zero-order chi connectivity index (χ0) is 16.4. The second kappa shape index (κ2) is 6.34. The molecular formula is C17H16N2O3S. The first-order chi connectivity index (χ1) is 11.1. The molecule has 0 amide bonds. The zero-order valence-corrected chi connectivity index (χ0v) is 13.7. The Kier molecular flexibility index (Phi) is 4.25. The molecule has 0 saturated heterocycles. The van der Waals surface area contributed by atoms with E-state index in [1.165, 1.54) is 23.0 Å². The molecule has 23 heavy (non-hydrogen) atoms. The van der Waals surface area contributed by atoms with E-state index >= 15 is 0 Å². The first-order valence-electron chi connectivity index (χ1n) is 7.41. The maximum atomic E-state index is 12.2. The number of aromatic nitrogens is 2. The second-order valence-electron chi connectivity index (χ2n) is 4.99. The number of nitrogens with zero attached hydrogens (tertiary/aromatic N) is 2. The molecule has 0 radical (unpaired) electrons. The molecule has 0 spiro atoms. The smallest absolute Gasteiger partial charge is 0.355 e. The quantitative estimate of drug-likeness (QED) is 0.690. The van der Waals surface area contributed by atoms with Crippen molar-refractivity contribution in [3.05, 3.63) is 57.3 Å². The van der Waals surface area contributed by atoms with Crippen LogP contribution in [0.5, 0.6) is 0 Å². The van der Waals surface area contributed by atoms with Crippen molar-refractivity contribution in [3.8, 4) is 11.3 Å². The van der Waals surface area contributed by atoms with Crippen LogP contribution in [0.15, 0.2) is 40.5 Å². The van der Waals surface area contributed by atoms with Crippen molar-refractivity contribution in [2.45, 2.75) is 20.3 Å². The molecule has 2 aromatic heterocycles. The Morgan fingerprint density at radius 1 is 1.26 bits per heavy atom. The van der Waals surface area contributed by atoms with Crippen molar-refractivity contribution in [1.29, 1.82) is 0 Å². The summed E-state index contributed by atoms with van der Waals surface area (Å²) in [6.07, 6.45) is 0.965. The predicted octanol–water partition coefficient (Wildman–Crippen LogP) is 3.16. The fourth-order valence-electron chi connectivity index (χ4n) is 2.40. The van der Waals surface area contributed by atoms with Gasteiger partial charge in [0.1, 0.15) is 5.69 Å². The number of aryl methyl sites for hydroxylation is 1. The Bertz CT molecular complexity index is 910. The molecule has 0 aliphatic rings. The highest BCUT2D eigenvalue weighted by atomic mass is 32.1. The molecular weight excluding hydrogens is 312 g/mol. The van der Waals surface area contributed by atoms with Gasteiger partial charge in [-0.25, -0.2) is 4.79 Å². The minimum Gasteiger partial charge on any atom is -0.461 e. The number of ether oxygens (including phenoxy) is 1. The lowest BCUT2D eigenvalue weighted by Gasteiger charge is -2.08. The van der Waals surface area contributed by atoms with Gasteiger partial charge in [0, 0.05) is 11.4 Å². The fourth-order valence-corrected chi connectivity index (χ4v) is 3.30. The standard InChI is InChI=1S/C17H16N2O3S/c1-3-11-5-7-12(8-6-11)14-10-23-17-18-15(20)9-13(19(14)17)16(21)22-4-2/h5-10H,3-4H2,1-2H3. The highest BCUT2D eigenvalue weighted by Crippen LogP contribution is 2.26. The molecule has 5 nitrogen and oxygen atoms in total. The number of carbonyl (C=O) groups is 1. The molecule has 6 heteroatoms. The van der Waals surface area contributed by atoms with Crippen LogP contribution in [0.25, 0.3) is 16.2 Å². The molecule has 0 fully saturated rings. The van der Waals surface area contributed by atoms with E-state index in [0.29, 0.717) is 4.96 Å². The van der Waals surface area contributed by atoms with E-state index in [-0.39, 0.29) is 12.3 Å². The van der Waals surface area contributed by atoms with Crippen LogP contribution >= 0.6 is 11.3 Å². The van der Waals surface area contributed by atoms with Gasteiger partial charge >= 0.3 is 5.97 Å². The number of thiazole rings is 1. The number of rotatable bonds is 4. The molecule has 0 aliphatic carbocycles. The summed E-state index contributed by atoms with van der Waals surface area (Å²) in [5.74, 6) is -0.521. The number of carbonyl (C=O) groups excluding carboxylic acids is 1. The Morgan fingerprint density at radius 2 is 2.00 bits per heavy atom. The van der Waals surface area contributed by atoms with Gasteiger partial charge in [-0.1, -0.05) is 31.2 Å². The maximum absolute atomic E-state index is 12.2. The van der Waals surface area contributed by atoms with Gasteiger partial charge in [0.25, 0.3) is 5.56 Å². The lowest BCUT2D eigenvalue weighted by Crippen LogP contribution is -2.17. The van der Waals surface area contributed by atoms with E-state index < -0.39 is 11.5 Å². The van der Waals surface area contributed by atoms with Gasteiger partial charge in [-0.05, 0) is 24.5 Å². The predicted molar refractivity (Wildman–Crippen MR) is 90.1 cm³/mol. The van der Waals surface area contributed by atoms with Crippen LogP contribution in [0.2, 0.25) is 0 Å². The molecule has 3 aromatic rings. The van der Waals surface area contributed by atoms with Crippen LogP contribution in [-0.2, 0) is 11.2 Å². The highest BCUT2D eigenvalue weighted by molar-refractivity contribution is 7.15. The minimum atomic E-state index is -0.521. The number of hydrogen-bond acceptors (Lipinski definition) is 5. The van der Waals surface area contributed by atoms with Gasteiger partial charge in [0.05, 0.1) is 12.3 Å². The topological polar surface area (TPSA) is 60.7 Å². The Hall–Kier alpha value is -2.47. The first kappa shape index (κ1) is 15.4. The van der Waals surface area contributed by atoms with Crippen molar-refractivity contribution in [2.75, 3.05) is 6.61 Å². The van der Waals surface area contributed by atoms with Crippen molar-refractivity contribution in [3.63, 3.8) is 0 Å². The van der Waals surface area contributed by atoms with Gasteiger partial charge in [0.15, 0.2) is 4.96 Å². The third kappa shape index (κ3) is 2.90. The summed E-state index contributed by atoms with van der Waals surface area (Å²) >= 11 is 1.33. The second-order valence-corrected chi connectivity index (χ2v) is 5.83. The van der Waals surface area contributed by atoms with Gasteiger partial charge < -0.3 is 4.74 Å². The lowest BCUT2D eigenvalue weighted by molar-refractivity contribution is 0.0517. The summed E-state index contributed by atoms with van der Waals surface area (Å²) < 4.78 is 6.75. The molecule has 3 rings (SSSR count). The van der Waals surface area contributed by atoms with Crippen LogP contribution in [0.4, 0.5) is 0 Å². The van der Waals surface area contributed by atoms with Gasteiger partial charge in [-0.15, -0.1) is 11.3 Å². The molecule has 0 bridgehead atoms. The zero-order valence-electron chi connectivity index (χ0n) is 12.9. The van der Waals surface area contributed by atoms with Gasteiger partial charge in [-0.3, -0.25) is 9.20 Å². The Morgan fingerprint density at radius 3 is 2.65 bits per heavy atom. The largest absolute Gasteiger partial charge is 0.461 e. The normalized spacial score (nSPS) is 10.9. The molecule has 0 aliphatic heterocycles. The summed E-state index contributed by atoms with van der Waals surface area (Å²) in [5.41, 5.74) is 2.79. The SMILES string of the molecule is CCOC(=O)c1cc(=O)nc2scc(-c3ccc(CC)cc3)n12. The molecule has 118 valence electrons. The molecule has 0 saturated carbocycles. The van der Waals surface area contributed by atoms with Crippen molar-refractivity contribution in [2.24, 2.45) is 0 Å². The number of fused-ring (bicyclic) bond motifs is 1. The van der Waals surface area contributed by atoms with E-state index in [9.17, 15) is 9.59 Å². The summed E-state index contributed by atoms with van der Waals surface area (Å²) in [5, 5.41) is 1.89. The number of hydrogen-bond donors (Lipinski definition) is 0. The molecule has 1 aromatic carbocycles. The van der Waals surface area contributed by atoms with Crippen LogP contribution in [0.3, 0.4) is 0 Å². The van der Waals surface area contributed by atoms with Crippen LogP contribution < -0.4 is 5.56 Å². The molecule has 0 atom stereocenters. The minimum absolute atomic E-state index is 0.206. The van der Waals surface area contributed by atoms with E-state index in [0.717, 1.165) is 17.7 Å². The van der Waals surface area contributed by atoms with Crippen molar-refractivity contribution >= 4 is 22.3 Å². The van der Waals surface area contributed by atoms with Crippen LogP contribution in [-0.4, -0.2) is 22.0 Å². The van der Waals surface area contributed by atoms with Gasteiger partial charge in [-0.2, -0.15) is 4.98 Å². The van der Waals surface area contributed by atoms with E-state index in [1.54, 1.807) is 11.3 Å². The van der Waals surface area contributed by atoms with Crippen molar-refractivity contribution < 1.29 is 9.53 Å². The lowest BCUT2D eigenvalue weighted by atomic mass is 10.1.